The predicted octanol–water partition coefficient (Wildman–Crippen LogP) is 1.02. The lowest BCUT2D eigenvalue weighted by Crippen LogP contribution is -2.41. The fraction of sp³-hybridized carbons (Fsp3) is 0.529. The summed E-state index contributed by atoms with van der Waals surface area (Å²) < 4.78 is 30.3. The first-order chi connectivity index (χ1) is 12.3. The van der Waals surface area contributed by atoms with Crippen LogP contribution in [0.2, 0.25) is 0 Å². The number of amides is 2. The third-order valence-electron chi connectivity index (χ3n) is 4.59. The number of rotatable bonds is 5. The number of nitrogens with zero attached hydrogens (tertiary/aromatic N) is 1. The number of ether oxygens (including phenoxy) is 1. The van der Waals surface area contributed by atoms with Gasteiger partial charge < -0.3 is 15.0 Å². The first kappa shape index (κ1) is 18.7. The van der Waals surface area contributed by atoms with Gasteiger partial charge in [-0.3, -0.25) is 14.3 Å². The van der Waals surface area contributed by atoms with Crippen LogP contribution in [0.25, 0.3) is 0 Å². The first-order valence-corrected chi connectivity index (χ1v) is 10.5. The lowest BCUT2D eigenvalue weighted by atomic mass is 10.1. The number of anilines is 2. The molecular weight excluding hydrogens is 358 g/mol. The molecule has 9 heteroatoms. The minimum atomic E-state index is -3.39. The molecule has 0 aliphatic carbocycles. The molecule has 2 aliphatic rings. The van der Waals surface area contributed by atoms with Crippen LogP contribution in [0, 0.1) is 5.92 Å². The molecule has 1 aromatic rings. The summed E-state index contributed by atoms with van der Waals surface area (Å²) in [5.41, 5.74) is 0.859. The zero-order valence-corrected chi connectivity index (χ0v) is 15.4. The standard InChI is InChI=1S/C17H23N3O5S/c1-26(23,24)19-14-4-2-3-13(10-14)18-17(22)12-9-16(21)20(11-12)15-5-7-25-8-6-15/h2-4,10,12,15,19H,5-9,11H2,1H3,(H,18,22). The van der Waals surface area contributed by atoms with Gasteiger partial charge in [-0.2, -0.15) is 0 Å². The van der Waals surface area contributed by atoms with Crippen LogP contribution in [-0.2, 0) is 24.3 Å². The van der Waals surface area contributed by atoms with Gasteiger partial charge in [0.2, 0.25) is 21.8 Å². The number of benzene rings is 1. The molecule has 2 saturated heterocycles. The van der Waals surface area contributed by atoms with Crippen LogP contribution in [-0.4, -0.2) is 57.2 Å². The van der Waals surface area contributed by atoms with E-state index in [4.69, 9.17) is 4.74 Å². The highest BCUT2D eigenvalue weighted by molar-refractivity contribution is 7.92. The van der Waals surface area contributed by atoms with Gasteiger partial charge >= 0.3 is 0 Å². The van der Waals surface area contributed by atoms with Crippen molar-refractivity contribution in [2.45, 2.75) is 25.3 Å². The number of likely N-dealkylation sites (tertiary alicyclic amines) is 1. The molecule has 0 saturated carbocycles. The third kappa shape index (κ3) is 4.73. The molecular formula is C17H23N3O5S. The molecule has 142 valence electrons. The van der Waals surface area contributed by atoms with E-state index >= 15 is 0 Å². The minimum absolute atomic E-state index is 0.00421. The molecule has 2 heterocycles. The van der Waals surface area contributed by atoms with E-state index in [9.17, 15) is 18.0 Å². The van der Waals surface area contributed by atoms with Crippen molar-refractivity contribution in [1.82, 2.24) is 4.90 Å². The summed E-state index contributed by atoms with van der Waals surface area (Å²) in [5.74, 6) is -0.633. The van der Waals surface area contributed by atoms with Crippen LogP contribution in [0.5, 0.6) is 0 Å². The SMILES string of the molecule is CS(=O)(=O)Nc1cccc(NC(=O)C2CC(=O)N(C3CCOCC3)C2)c1. The normalized spacial score (nSPS) is 21.7. The molecule has 0 spiro atoms. The Hall–Kier alpha value is -2.13. The monoisotopic (exact) mass is 381 g/mol. The van der Waals surface area contributed by atoms with Gasteiger partial charge in [-0.25, -0.2) is 8.42 Å². The summed E-state index contributed by atoms with van der Waals surface area (Å²) in [5, 5.41) is 2.78. The predicted molar refractivity (Wildman–Crippen MR) is 97.2 cm³/mol. The van der Waals surface area contributed by atoms with Crippen LogP contribution >= 0.6 is 0 Å². The Morgan fingerprint density at radius 1 is 1.23 bits per heavy atom. The highest BCUT2D eigenvalue weighted by Gasteiger charge is 2.38. The molecule has 0 aromatic heterocycles. The lowest BCUT2D eigenvalue weighted by molar-refractivity contribution is -0.131. The quantitative estimate of drug-likeness (QED) is 0.792. The molecule has 8 nitrogen and oxygen atoms in total. The summed E-state index contributed by atoms with van der Waals surface area (Å²) in [6.45, 7) is 1.70. The van der Waals surface area contributed by atoms with E-state index < -0.39 is 15.9 Å². The second-order valence-electron chi connectivity index (χ2n) is 6.73. The number of carbonyl (C=O) groups excluding carboxylic acids is 2. The van der Waals surface area contributed by atoms with Crippen molar-refractivity contribution in [2.75, 3.05) is 36.1 Å². The topological polar surface area (TPSA) is 105 Å². The zero-order valence-electron chi connectivity index (χ0n) is 14.6. The summed E-state index contributed by atoms with van der Waals surface area (Å²) in [6, 6.07) is 6.63. The molecule has 0 bridgehead atoms. The molecule has 3 rings (SSSR count). The number of carbonyl (C=O) groups is 2. The van der Waals surface area contributed by atoms with Gasteiger partial charge in [-0.05, 0) is 31.0 Å². The molecule has 2 fully saturated rings. The van der Waals surface area contributed by atoms with Gasteiger partial charge in [-0.1, -0.05) is 6.07 Å². The van der Waals surface area contributed by atoms with Gasteiger partial charge in [0.15, 0.2) is 0 Å². The fourth-order valence-corrected chi connectivity index (χ4v) is 3.93. The second-order valence-corrected chi connectivity index (χ2v) is 8.48. The van der Waals surface area contributed by atoms with Crippen LogP contribution in [0.4, 0.5) is 11.4 Å². The van der Waals surface area contributed by atoms with Crippen LogP contribution in [0.3, 0.4) is 0 Å². The first-order valence-electron chi connectivity index (χ1n) is 8.58. The highest BCUT2D eigenvalue weighted by Crippen LogP contribution is 2.26. The van der Waals surface area contributed by atoms with E-state index in [1.807, 2.05) is 0 Å². The Labute approximate surface area is 152 Å². The average molecular weight is 381 g/mol. The summed E-state index contributed by atoms with van der Waals surface area (Å²) in [6.07, 6.45) is 2.87. The molecule has 1 atom stereocenters. The lowest BCUT2D eigenvalue weighted by Gasteiger charge is -2.31. The number of hydrogen-bond donors (Lipinski definition) is 2. The number of sulfonamides is 1. The van der Waals surface area contributed by atoms with Crippen molar-refractivity contribution in [1.29, 1.82) is 0 Å². The third-order valence-corrected chi connectivity index (χ3v) is 5.20. The largest absolute Gasteiger partial charge is 0.381 e. The Kier molecular flexibility index (Phi) is 5.47. The second kappa shape index (κ2) is 7.63. The van der Waals surface area contributed by atoms with Crippen molar-refractivity contribution in [3.8, 4) is 0 Å². The van der Waals surface area contributed by atoms with Crippen LogP contribution in [0.15, 0.2) is 24.3 Å². The van der Waals surface area contributed by atoms with E-state index in [0.29, 0.717) is 31.1 Å². The van der Waals surface area contributed by atoms with Crippen molar-refractivity contribution in [3.05, 3.63) is 24.3 Å². The Morgan fingerprint density at radius 2 is 1.92 bits per heavy atom. The fourth-order valence-electron chi connectivity index (χ4n) is 3.38. The van der Waals surface area contributed by atoms with Gasteiger partial charge in [0.25, 0.3) is 0 Å². The van der Waals surface area contributed by atoms with E-state index in [1.54, 1.807) is 29.2 Å². The average Bonchev–Trinajstić information content (AvgIpc) is 2.96. The van der Waals surface area contributed by atoms with E-state index in [1.165, 1.54) is 0 Å². The van der Waals surface area contributed by atoms with E-state index in [-0.39, 0.29) is 24.3 Å². The zero-order chi connectivity index (χ0) is 18.7. The van der Waals surface area contributed by atoms with Gasteiger partial charge in [0.1, 0.15) is 0 Å². The molecule has 1 unspecified atom stereocenters. The summed E-state index contributed by atoms with van der Waals surface area (Å²) in [4.78, 5) is 26.6. The molecule has 2 aliphatic heterocycles. The van der Waals surface area contributed by atoms with E-state index in [2.05, 4.69) is 10.0 Å². The molecule has 2 amide bonds. The van der Waals surface area contributed by atoms with E-state index in [0.717, 1.165) is 19.1 Å². The Morgan fingerprint density at radius 3 is 2.62 bits per heavy atom. The Bertz CT molecular complexity index is 789. The van der Waals surface area contributed by atoms with Crippen LogP contribution < -0.4 is 10.0 Å². The molecule has 26 heavy (non-hydrogen) atoms. The van der Waals surface area contributed by atoms with Crippen molar-refractivity contribution in [2.24, 2.45) is 5.92 Å². The van der Waals surface area contributed by atoms with Crippen molar-refractivity contribution < 1.29 is 22.7 Å². The smallest absolute Gasteiger partial charge is 0.229 e. The van der Waals surface area contributed by atoms with Crippen molar-refractivity contribution >= 4 is 33.2 Å². The van der Waals surface area contributed by atoms with Crippen LogP contribution in [0.1, 0.15) is 19.3 Å². The number of hydrogen-bond acceptors (Lipinski definition) is 5. The molecule has 1 aromatic carbocycles. The maximum atomic E-state index is 12.5. The summed E-state index contributed by atoms with van der Waals surface area (Å²) in [7, 11) is -3.39. The molecule has 2 N–H and O–H groups in total. The number of nitrogens with one attached hydrogen (secondary N) is 2. The van der Waals surface area contributed by atoms with Gasteiger partial charge in [0.05, 0.1) is 17.9 Å². The highest BCUT2D eigenvalue weighted by atomic mass is 32.2. The van der Waals surface area contributed by atoms with Crippen molar-refractivity contribution in [3.63, 3.8) is 0 Å². The Balaban J connectivity index is 1.62. The maximum absolute atomic E-state index is 12.5. The van der Waals surface area contributed by atoms with Gasteiger partial charge in [0, 0.05) is 37.9 Å². The molecule has 0 radical (unpaired) electrons. The van der Waals surface area contributed by atoms with Gasteiger partial charge in [-0.15, -0.1) is 0 Å². The minimum Gasteiger partial charge on any atom is -0.381 e. The maximum Gasteiger partial charge on any atom is 0.229 e. The summed E-state index contributed by atoms with van der Waals surface area (Å²) >= 11 is 0.